The number of nitrogens with zero attached hydrogens (tertiary/aromatic N) is 4. The molecule has 0 unspecified atom stereocenters. The third kappa shape index (κ3) is 2.36. The monoisotopic (exact) mass is 207 g/mol. The van der Waals surface area contributed by atoms with Gasteiger partial charge >= 0.3 is 0 Å². The Morgan fingerprint density at radius 3 is 2.73 bits per heavy atom. The topological polar surface area (TPSA) is 112 Å². The van der Waals surface area contributed by atoms with E-state index in [1.54, 1.807) is 0 Å². The van der Waals surface area contributed by atoms with Gasteiger partial charge in [-0.05, 0) is 0 Å². The molecule has 2 rings (SSSR count). The standard InChI is InChI=1S/C7H9N7O/c15-7(6-10-4-12-14-6)8-2-1-5-9-3-11-13-5/h3-4H,1-2H2,(H,8,15)(H,9,11,13)(H,10,12,14). The summed E-state index contributed by atoms with van der Waals surface area (Å²) in [7, 11) is 0. The molecule has 0 saturated carbocycles. The molecule has 0 atom stereocenters. The molecule has 1 amide bonds. The van der Waals surface area contributed by atoms with Crippen molar-refractivity contribution in [1.29, 1.82) is 0 Å². The Morgan fingerprint density at radius 1 is 1.27 bits per heavy atom. The average Bonchev–Trinajstić information content (AvgIpc) is 2.90. The van der Waals surface area contributed by atoms with Crippen LogP contribution in [-0.4, -0.2) is 42.8 Å². The van der Waals surface area contributed by atoms with Crippen molar-refractivity contribution in [2.75, 3.05) is 6.54 Å². The van der Waals surface area contributed by atoms with Gasteiger partial charge in [0, 0.05) is 13.0 Å². The molecule has 8 heteroatoms. The highest BCUT2D eigenvalue weighted by atomic mass is 16.2. The number of hydrogen-bond donors (Lipinski definition) is 3. The van der Waals surface area contributed by atoms with Gasteiger partial charge in [-0.25, -0.2) is 9.97 Å². The lowest BCUT2D eigenvalue weighted by atomic mass is 10.4. The largest absolute Gasteiger partial charge is 0.349 e. The van der Waals surface area contributed by atoms with Crippen LogP contribution >= 0.6 is 0 Å². The first kappa shape index (κ1) is 9.31. The molecule has 78 valence electrons. The van der Waals surface area contributed by atoms with E-state index < -0.39 is 0 Å². The number of hydrogen-bond acceptors (Lipinski definition) is 5. The van der Waals surface area contributed by atoms with E-state index in [2.05, 4.69) is 35.7 Å². The van der Waals surface area contributed by atoms with E-state index in [9.17, 15) is 4.79 Å². The number of carbonyl (C=O) groups is 1. The maximum atomic E-state index is 11.3. The lowest BCUT2D eigenvalue weighted by molar-refractivity contribution is 0.0944. The van der Waals surface area contributed by atoms with E-state index in [0.29, 0.717) is 13.0 Å². The van der Waals surface area contributed by atoms with Crippen LogP contribution in [0.1, 0.15) is 16.4 Å². The Hall–Kier alpha value is -2.25. The molecule has 0 bridgehead atoms. The van der Waals surface area contributed by atoms with Crippen LogP contribution in [0.5, 0.6) is 0 Å². The van der Waals surface area contributed by atoms with Crippen molar-refractivity contribution >= 4 is 5.91 Å². The predicted octanol–water partition coefficient (Wildman–Crippen LogP) is -1.10. The molecule has 0 fully saturated rings. The molecular weight excluding hydrogens is 198 g/mol. The van der Waals surface area contributed by atoms with E-state index >= 15 is 0 Å². The number of nitrogens with one attached hydrogen (secondary N) is 3. The highest BCUT2D eigenvalue weighted by molar-refractivity contribution is 5.90. The third-order valence-electron chi connectivity index (χ3n) is 1.74. The highest BCUT2D eigenvalue weighted by Gasteiger charge is 2.07. The Kier molecular flexibility index (Phi) is 2.68. The van der Waals surface area contributed by atoms with E-state index in [1.807, 2.05) is 0 Å². The second-order valence-corrected chi connectivity index (χ2v) is 2.77. The minimum atomic E-state index is -0.285. The first-order valence-electron chi connectivity index (χ1n) is 4.34. The lowest BCUT2D eigenvalue weighted by Gasteiger charge is -1.99. The molecule has 3 N–H and O–H groups in total. The first-order valence-corrected chi connectivity index (χ1v) is 4.34. The Labute approximate surface area is 84.5 Å². The van der Waals surface area contributed by atoms with Gasteiger partial charge in [-0.1, -0.05) is 0 Å². The Bertz CT molecular complexity index is 406. The molecule has 0 aliphatic heterocycles. The number of amides is 1. The molecule has 2 aromatic heterocycles. The van der Waals surface area contributed by atoms with E-state index in [4.69, 9.17) is 0 Å². The first-order chi connectivity index (χ1) is 7.36. The van der Waals surface area contributed by atoms with Gasteiger partial charge in [-0.3, -0.25) is 15.0 Å². The number of aromatic amines is 2. The maximum absolute atomic E-state index is 11.3. The zero-order valence-electron chi connectivity index (χ0n) is 7.77. The summed E-state index contributed by atoms with van der Waals surface area (Å²) < 4.78 is 0. The van der Waals surface area contributed by atoms with Crippen LogP contribution in [-0.2, 0) is 6.42 Å². The fraction of sp³-hybridized carbons (Fsp3) is 0.286. The van der Waals surface area contributed by atoms with Crippen LogP contribution in [0.4, 0.5) is 0 Å². The number of aromatic nitrogens is 6. The highest BCUT2D eigenvalue weighted by Crippen LogP contribution is 1.88. The maximum Gasteiger partial charge on any atom is 0.288 e. The minimum Gasteiger partial charge on any atom is -0.349 e. The molecule has 0 aliphatic rings. The fourth-order valence-corrected chi connectivity index (χ4v) is 1.04. The van der Waals surface area contributed by atoms with Crippen LogP contribution < -0.4 is 5.32 Å². The number of rotatable bonds is 4. The van der Waals surface area contributed by atoms with Crippen molar-refractivity contribution in [3.05, 3.63) is 24.3 Å². The summed E-state index contributed by atoms with van der Waals surface area (Å²) in [6.45, 7) is 0.467. The normalized spacial score (nSPS) is 10.1. The predicted molar refractivity (Wildman–Crippen MR) is 48.8 cm³/mol. The molecule has 0 radical (unpaired) electrons. The number of carbonyl (C=O) groups excluding carboxylic acids is 1. The summed E-state index contributed by atoms with van der Waals surface area (Å²) in [6.07, 6.45) is 3.30. The summed E-state index contributed by atoms with van der Waals surface area (Å²) in [4.78, 5) is 19.0. The van der Waals surface area contributed by atoms with Gasteiger partial charge in [-0.15, -0.1) is 0 Å². The van der Waals surface area contributed by atoms with Crippen molar-refractivity contribution in [2.45, 2.75) is 6.42 Å². The van der Waals surface area contributed by atoms with Crippen LogP contribution in [0.25, 0.3) is 0 Å². The molecule has 0 aromatic carbocycles. The SMILES string of the molecule is O=C(NCCc1ncn[nH]1)c1ncn[nH]1. The Balaban J connectivity index is 1.77. The second-order valence-electron chi connectivity index (χ2n) is 2.77. The second kappa shape index (κ2) is 4.31. The molecule has 8 nitrogen and oxygen atoms in total. The molecule has 0 saturated heterocycles. The van der Waals surface area contributed by atoms with E-state index in [-0.39, 0.29) is 11.7 Å². The van der Waals surface area contributed by atoms with Gasteiger partial charge in [-0.2, -0.15) is 10.2 Å². The van der Waals surface area contributed by atoms with E-state index in [1.165, 1.54) is 12.7 Å². The van der Waals surface area contributed by atoms with Crippen LogP contribution in [0.3, 0.4) is 0 Å². The Morgan fingerprint density at radius 2 is 2.07 bits per heavy atom. The van der Waals surface area contributed by atoms with Gasteiger partial charge in [0.25, 0.3) is 5.91 Å². The van der Waals surface area contributed by atoms with Crippen molar-refractivity contribution in [3.63, 3.8) is 0 Å². The van der Waals surface area contributed by atoms with Gasteiger partial charge in [0.1, 0.15) is 18.5 Å². The summed E-state index contributed by atoms with van der Waals surface area (Å²) in [5.41, 5.74) is 0. The summed E-state index contributed by atoms with van der Waals surface area (Å²) in [5, 5.41) is 15.1. The molecule has 2 aromatic rings. The van der Waals surface area contributed by atoms with Crippen molar-refractivity contribution < 1.29 is 4.79 Å². The summed E-state index contributed by atoms with van der Waals surface area (Å²) >= 11 is 0. The van der Waals surface area contributed by atoms with Crippen LogP contribution in [0.15, 0.2) is 12.7 Å². The van der Waals surface area contributed by atoms with Gasteiger partial charge < -0.3 is 5.32 Å². The number of H-pyrrole nitrogens is 2. The zero-order valence-corrected chi connectivity index (χ0v) is 7.77. The van der Waals surface area contributed by atoms with Crippen molar-refractivity contribution in [1.82, 2.24) is 35.7 Å². The van der Waals surface area contributed by atoms with Crippen LogP contribution in [0.2, 0.25) is 0 Å². The smallest absolute Gasteiger partial charge is 0.288 e. The van der Waals surface area contributed by atoms with E-state index in [0.717, 1.165) is 5.82 Å². The average molecular weight is 207 g/mol. The summed E-state index contributed by atoms with van der Waals surface area (Å²) in [6, 6.07) is 0. The quantitative estimate of drug-likeness (QED) is 0.588. The molecular formula is C7H9N7O. The van der Waals surface area contributed by atoms with Gasteiger partial charge in [0.05, 0.1) is 0 Å². The van der Waals surface area contributed by atoms with Crippen molar-refractivity contribution in [2.24, 2.45) is 0 Å². The zero-order chi connectivity index (χ0) is 10.5. The molecule has 0 aliphatic carbocycles. The van der Waals surface area contributed by atoms with Gasteiger partial charge in [0.15, 0.2) is 0 Å². The third-order valence-corrected chi connectivity index (χ3v) is 1.74. The molecule has 0 spiro atoms. The lowest BCUT2D eigenvalue weighted by Crippen LogP contribution is -2.26. The minimum absolute atomic E-state index is 0.201. The van der Waals surface area contributed by atoms with Gasteiger partial charge in [0.2, 0.25) is 5.82 Å². The fourth-order valence-electron chi connectivity index (χ4n) is 1.04. The molecule has 2 heterocycles. The summed E-state index contributed by atoms with van der Waals surface area (Å²) in [5.74, 6) is 0.646. The van der Waals surface area contributed by atoms with Crippen molar-refractivity contribution in [3.8, 4) is 0 Å². The molecule has 15 heavy (non-hydrogen) atoms. The van der Waals surface area contributed by atoms with Crippen LogP contribution in [0, 0.1) is 0 Å².